The van der Waals surface area contributed by atoms with E-state index in [4.69, 9.17) is 0 Å². The second kappa shape index (κ2) is 5.09. The third-order valence-corrected chi connectivity index (χ3v) is 3.41. The number of hydrogen-bond donors (Lipinski definition) is 0. The Morgan fingerprint density at radius 2 is 1.90 bits per heavy atom. The zero-order valence-electron chi connectivity index (χ0n) is 5.68. The van der Waals surface area contributed by atoms with Gasteiger partial charge in [0.05, 0.1) is 0 Å². The second-order valence-electron chi connectivity index (χ2n) is 2.12. The van der Waals surface area contributed by atoms with Crippen LogP contribution in [0.1, 0.15) is 5.56 Å². The van der Waals surface area contributed by atoms with Gasteiger partial charge in [0.25, 0.3) is 0 Å². The standard InChI is InChI=1S/C8H10IP/c9-10-7-6-8-4-2-1-3-5-8/h1-5,10H,6-7H2. The minimum Gasteiger partial charge on any atom is -0.0622 e. The summed E-state index contributed by atoms with van der Waals surface area (Å²) in [5.41, 5.74) is 1.46. The van der Waals surface area contributed by atoms with Gasteiger partial charge < -0.3 is 0 Å². The number of halogens is 1. The third kappa shape index (κ3) is 2.98. The van der Waals surface area contributed by atoms with Crippen molar-refractivity contribution < 1.29 is 0 Å². The van der Waals surface area contributed by atoms with Gasteiger partial charge in [-0.3, -0.25) is 0 Å². The summed E-state index contributed by atoms with van der Waals surface area (Å²) < 4.78 is 0. The molecule has 0 bridgehead atoms. The molecular formula is C8H10IP. The minimum atomic E-state index is 1.05. The highest BCUT2D eigenvalue weighted by atomic mass is 127. The molecule has 0 aliphatic rings. The number of hydrogen-bond acceptors (Lipinski definition) is 0. The van der Waals surface area contributed by atoms with E-state index in [1.165, 1.54) is 18.1 Å². The van der Waals surface area contributed by atoms with Crippen LogP contribution in [-0.2, 0) is 6.42 Å². The summed E-state index contributed by atoms with van der Waals surface area (Å²) in [5.74, 6) is 0. The molecule has 0 heterocycles. The molecule has 0 aromatic heterocycles. The Hall–Kier alpha value is 0.380. The summed E-state index contributed by atoms with van der Waals surface area (Å²) in [4.78, 5) is 0. The molecule has 1 aromatic rings. The summed E-state index contributed by atoms with van der Waals surface area (Å²) in [5, 5.41) is 0. The Morgan fingerprint density at radius 1 is 1.20 bits per heavy atom. The highest BCUT2D eigenvalue weighted by molar-refractivity contribution is 14.2. The number of benzene rings is 1. The predicted molar refractivity (Wildman–Crippen MR) is 57.3 cm³/mol. The van der Waals surface area contributed by atoms with E-state index in [0.29, 0.717) is 0 Å². The van der Waals surface area contributed by atoms with E-state index in [0.717, 1.165) is 6.22 Å². The Bertz CT molecular complexity index is 174. The Morgan fingerprint density at radius 3 is 2.50 bits per heavy atom. The second-order valence-corrected chi connectivity index (χ2v) is 5.17. The molecule has 1 aromatic carbocycles. The largest absolute Gasteiger partial charge is 0.0622 e. The van der Waals surface area contributed by atoms with Crippen molar-refractivity contribution in [2.24, 2.45) is 0 Å². The van der Waals surface area contributed by atoms with Crippen LogP contribution in [0.15, 0.2) is 30.3 Å². The van der Waals surface area contributed by atoms with Gasteiger partial charge >= 0.3 is 0 Å². The molecule has 0 nitrogen and oxygen atoms in total. The van der Waals surface area contributed by atoms with Crippen molar-refractivity contribution in [1.82, 2.24) is 0 Å². The van der Waals surface area contributed by atoms with Crippen LogP contribution in [0.2, 0.25) is 0 Å². The van der Waals surface area contributed by atoms with Crippen molar-refractivity contribution in [3.05, 3.63) is 35.9 Å². The summed E-state index contributed by atoms with van der Waals surface area (Å²) in [6.07, 6.45) is 3.62. The van der Waals surface area contributed by atoms with E-state index in [9.17, 15) is 0 Å². The van der Waals surface area contributed by atoms with Gasteiger partial charge in [0.2, 0.25) is 0 Å². The van der Waals surface area contributed by atoms with E-state index in [2.05, 4.69) is 52.4 Å². The van der Waals surface area contributed by atoms with Gasteiger partial charge in [-0.15, -0.1) is 0 Å². The van der Waals surface area contributed by atoms with Gasteiger partial charge in [-0.05, 0) is 18.1 Å². The van der Waals surface area contributed by atoms with Gasteiger partial charge in [-0.2, -0.15) is 0 Å². The Kier molecular flexibility index (Phi) is 4.31. The van der Waals surface area contributed by atoms with Crippen LogP contribution in [0.3, 0.4) is 0 Å². The van der Waals surface area contributed by atoms with E-state index in [-0.39, 0.29) is 0 Å². The zero-order chi connectivity index (χ0) is 7.23. The molecule has 10 heavy (non-hydrogen) atoms. The molecule has 1 unspecified atom stereocenters. The van der Waals surface area contributed by atoms with Crippen molar-refractivity contribution in [2.45, 2.75) is 6.42 Å². The van der Waals surface area contributed by atoms with Crippen molar-refractivity contribution in [2.75, 3.05) is 6.16 Å². The van der Waals surface area contributed by atoms with E-state index in [1.807, 2.05) is 0 Å². The first-order valence-electron chi connectivity index (χ1n) is 3.31. The summed E-state index contributed by atoms with van der Waals surface area (Å²) in [6, 6.07) is 10.7. The van der Waals surface area contributed by atoms with E-state index < -0.39 is 0 Å². The SMILES string of the molecule is IPCCc1ccccc1. The molecular weight excluding hydrogens is 254 g/mol. The van der Waals surface area contributed by atoms with Gasteiger partial charge in [-0.1, -0.05) is 58.6 Å². The van der Waals surface area contributed by atoms with Crippen molar-refractivity contribution in [3.63, 3.8) is 0 Å². The average molecular weight is 264 g/mol. The topological polar surface area (TPSA) is 0 Å². The molecule has 1 atom stereocenters. The molecule has 1 rings (SSSR count). The van der Waals surface area contributed by atoms with E-state index in [1.54, 1.807) is 0 Å². The monoisotopic (exact) mass is 264 g/mol. The van der Waals surface area contributed by atoms with Gasteiger partial charge in [0, 0.05) is 0 Å². The van der Waals surface area contributed by atoms with Crippen LogP contribution in [0.5, 0.6) is 0 Å². The lowest BCUT2D eigenvalue weighted by molar-refractivity contribution is 1.16. The Balaban J connectivity index is 2.43. The van der Waals surface area contributed by atoms with Crippen molar-refractivity contribution in [1.29, 1.82) is 0 Å². The first-order chi connectivity index (χ1) is 4.93. The van der Waals surface area contributed by atoms with Crippen LogP contribution in [0.4, 0.5) is 0 Å². The molecule has 0 N–H and O–H groups in total. The average Bonchev–Trinajstić information content (AvgIpc) is 2.03. The quantitative estimate of drug-likeness (QED) is 0.580. The normalized spacial score (nSPS) is 10.9. The highest BCUT2D eigenvalue weighted by Gasteiger charge is 1.87. The maximum Gasteiger partial charge on any atom is -0.0222 e. The molecule has 0 aliphatic carbocycles. The fourth-order valence-electron chi connectivity index (χ4n) is 0.836. The molecule has 0 radical (unpaired) electrons. The number of aryl methyl sites for hydroxylation is 1. The molecule has 0 saturated heterocycles. The van der Waals surface area contributed by atoms with Crippen LogP contribution in [0.25, 0.3) is 0 Å². The van der Waals surface area contributed by atoms with E-state index >= 15 is 0 Å². The van der Waals surface area contributed by atoms with Crippen LogP contribution >= 0.6 is 28.3 Å². The molecule has 0 spiro atoms. The van der Waals surface area contributed by atoms with Crippen molar-refractivity contribution in [3.8, 4) is 0 Å². The zero-order valence-corrected chi connectivity index (χ0v) is 8.84. The lowest BCUT2D eigenvalue weighted by atomic mass is 10.2. The summed E-state index contributed by atoms with van der Waals surface area (Å²) >= 11 is 2.44. The van der Waals surface area contributed by atoms with Gasteiger partial charge in [-0.25, -0.2) is 0 Å². The third-order valence-electron chi connectivity index (χ3n) is 1.35. The predicted octanol–water partition coefficient (Wildman–Crippen LogP) is 3.26. The van der Waals surface area contributed by atoms with Crippen molar-refractivity contribution >= 4 is 28.3 Å². The van der Waals surface area contributed by atoms with Crippen LogP contribution in [0, 0.1) is 0 Å². The van der Waals surface area contributed by atoms with Gasteiger partial charge in [0.1, 0.15) is 0 Å². The smallest absolute Gasteiger partial charge is 0.0222 e. The van der Waals surface area contributed by atoms with Gasteiger partial charge in [0.15, 0.2) is 0 Å². The van der Waals surface area contributed by atoms with Crippen LogP contribution in [-0.4, -0.2) is 6.16 Å². The maximum atomic E-state index is 2.44. The highest BCUT2D eigenvalue weighted by Crippen LogP contribution is 2.21. The Labute approximate surface area is 76.7 Å². The first-order valence-corrected chi connectivity index (χ1v) is 7.63. The lowest BCUT2D eigenvalue weighted by Crippen LogP contribution is -1.83. The fraction of sp³-hybridized carbons (Fsp3) is 0.250. The summed E-state index contributed by atoms with van der Waals surface area (Å²) in [7, 11) is 0. The minimum absolute atomic E-state index is 1.05. The molecule has 0 aliphatic heterocycles. The molecule has 0 fully saturated rings. The molecule has 0 saturated carbocycles. The lowest BCUT2D eigenvalue weighted by Gasteiger charge is -1.95. The fourth-order valence-corrected chi connectivity index (χ4v) is 2.03. The number of rotatable bonds is 3. The first kappa shape index (κ1) is 8.48. The molecule has 2 heteroatoms. The summed E-state index contributed by atoms with van der Waals surface area (Å²) in [6.45, 7) is 0. The molecule has 0 amide bonds. The molecule has 54 valence electrons. The van der Waals surface area contributed by atoms with Crippen LogP contribution < -0.4 is 0 Å². The maximum absolute atomic E-state index is 2.44.